The second kappa shape index (κ2) is 7.51. The Bertz CT molecular complexity index is 830. The lowest BCUT2D eigenvalue weighted by Gasteiger charge is -2.41. The highest BCUT2D eigenvalue weighted by atomic mass is 16.3. The Hall–Kier alpha value is -1.72. The summed E-state index contributed by atoms with van der Waals surface area (Å²) in [7, 11) is 0. The number of nitrogens with two attached hydrogens (primary N) is 1. The number of nitrogens with zero attached hydrogens (tertiary/aromatic N) is 2. The lowest BCUT2D eigenvalue weighted by molar-refractivity contribution is -0.125. The summed E-state index contributed by atoms with van der Waals surface area (Å²) >= 11 is 0. The third-order valence-electron chi connectivity index (χ3n) is 6.57. The molecule has 0 fully saturated rings. The number of fused-ring (bicyclic) bond motifs is 1. The molecule has 2 aliphatic rings. The number of carbonyl (C=O) groups excluding carboxylic acids is 1. The number of aromatic nitrogens is 1. The first-order valence-corrected chi connectivity index (χ1v) is 10.7. The molecule has 0 amide bonds. The quantitative estimate of drug-likeness (QED) is 0.772. The van der Waals surface area contributed by atoms with Gasteiger partial charge in [0.05, 0.1) is 18.0 Å². The first-order chi connectivity index (χ1) is 13.3. The Morgan fingerprint density at radius 2 is 1.90 bits per heavy atom. The highest BCUT2D eigenvalue weighted by Gasteiger charge is 2.42. The number of allylic oxidation sites excluding steroid dienone is 2. The summed E-state index contributed by atoms with van der Waals surface area (Å²) in [6, 6.07) is 4.06. The number of aryl methyl sites for hydroxylation is 1. The predicted molar refractivity (Wildman–Crippen MR) is 116 cm³/mol. The molecule has 160 valence electrons. The van der Waals surface area contributed by atoms with Crippen molar-refractivity contribution >= 4 is 5.78 Å². The van der Waals surface area contributed by atoms with Crippen molar-refractivity contribution in [3.63, 3.8) is 0 Å². The first kappa shape index (κ1) is 22.0. The molecule has 5 heteroatoms. The van der Waals surface area contributed by atoms with Gasteiger partial charge in [-0.3, -0.25) is 14.7 Å². The van der Waals surface area contributed by atoms with Crippen LogP contribution >= 0.6 is 0 Å². The third kappa shape index (κ3) is 4.41. The Labute approximate surface area is 175 Å². The van der Waals surface area contributed by atoms with E-state index in [0.29, 0.717) is 31.7 Å². The summed E-state index contributed by atoms with van der Waals surface area (Å²) in [5.74, 6) is 0.621. The summed E-state index contributed by atoms with van der Waals surface area (Å²) in [5.41, 5.74) is 10.1. The number of ketones is 1. The standard InChI is InChI=1S/C24H37N3O2/c1-14-8-9-15-12-27(22(25)20(15)26-14)13-19(28)16-10-17(23(2,3)4)21(29)18(11-16)24(5,6)7/h8-9,16-17,22,29H,10-13,25H2,1-7H3. The van der Waals surface area contributed by atoms with Gasteiger partial charge in [0.2, 0.25) is 0 Å². The van der Waals surface area contributed by atoms with Crippen LogP contribution in [0.1, 0.15) is 77.5 Å². The van der Waals surface area contributed by atoms with E-state index in [1.54, 1.807) is 0 Å². The van der Waals surface area contributed by atoms with Gasteiger partial charge in [-0.1, -0.05) is 47.6 Å². The van der Waals surface area contributed by atoms with Gasteiger partial charge in [0.1, 0.15) is 11.9 Å². The van der Waals surface area contributed by atoms with Gasteiger partial charge >= 0.3 is 0 Å². The topological polar surface area (TPSA) is 79.5 Å². The number of Topliss-reactive ketones (excluding diaryl/α,β-unsaturated/α-hetero) is 1. The monoisotopic (exact) mass is 399 g/mol. The van der Waals surface area contributed by atoms with Gasteiger partial charge in [-0.25, -0.2) is 0 Å². The van der Waals surface area contributed by atoms with E-state index in [0.717, 1.165) is 22.5 Å². The maximum Gasteiger partial charge on any atom is 0.150 e. The van der Waals surface area contributed by atoms with Crippen LogP contribution in [0, 0.1) is 29.6 Å². The van der Waals surface area contributed by atoms with Crippen LogP contribution in [0.3, 0.4) is 0 Å². The van der Waals surface area contributed by atoms with Crippen molar-refractivity contribution < 1.29 is 9.90 Å². The van der Waals surface area contributed by atoms with Gasteiger partial charge < -0.3 is 10.8 Å². The van der Waals surface area contributed by atoms with E-state index in [2.05, 4.69) is 52.6 Å². The largest absolute Gasteiger partial charge is 0.512 e. The Morgan fingerprint density at radius 1 is 1.24 bits per heavy atom. The molecule has 0 saturated carbocycles. The number of hydrogen-bond acceptors (Lipinski definition) is 5. The predicted octanol–water partition coefficient (Wildman–Crippen LogP) is 4.66. The van der Waals surface area contributed by atoms with Crippen LogP contribution in [0.2, 0.25) is 0 Å². The molecule has 29 heavy (non-hydrogen) atoms. The normalized spacial score (nSPS) is 26.0. The molecule has 0 aromatic carbocycles. The van der Waals surface area contributed by atoms with E-state index < -0.39 is 0 Å². The van der Waals surface area contributed by atoms with Crippen LogP contribution in [0.4, 0.5) is 0 Å². The minimum atomic E-state index is -0.332. The van der Waals surface area contributed by atoms with Crippen LogP contribution in [-0.2, 0) is 11.3 Å². The summed E-state index contributed by atoms with van der Waals surface area (Å²) in [5, 5.41) is 11.0. The SMILES string of the molecule is Cc1ccc2c(n1)C(N)N(CC(=O)C1CC(C(C)(C)C)=C(O)C(C(C)(C)C)C1)C2. The van der Waals surface area contributed by atoms with E-state index in [9.17, 15) is 9.90 Å². The van der Waals surface area contributed by atoms with E-state index in [-0.39, 0.29) is 34.6 Å². The molecular formula is C24H37N3O2. The Balaban J connectivity index is 1.79. The number of aliphatic hydroxyl groups excluding tert-OH is 1. The van der Waals surface area contributed by atoms with Gasteiger partial charge in [0.15, 0.2) is 0 Å². The second-order valence-electron chi connectivity index (χ2n) is 11.0. The molecule has 1 aromatic rings. The molecule has 3 N–H and O–H groups in total. The van der Waals surface area contributed by atoms with E-state index >= 15 is 0 Å². The number of hydrogen-bond donors (Lipinski definition) is 2. The Morgan fingerprint density at radius 3 is 2.48 bits per heavy atom. The average molecular weight is 400 g/mol. The molecule has 0 spiro atoms. The fraction of sp³-hybridized carbons (Fsp3) is 0.667. The van der Waals surface area contributed by atoms with Crippen molar-refractivity contribution in [3.05, 3.63) is 40.4 Å². The molecule has 3 unspecified atom stereocenters. The lowest BCUT2D eigenvalue weighted by Crippen LogP contribution is -2.40. The molecule has 2 heterocycles. The lowest BCUT2D eigenvalue weighted by atomic mass is 9.64. The van der Waals surface area contributed by atoms with E-state index in [4.69, 9.17) is 5.73 Å². The first-order valence-electron chi connectivity index (χ1n) is 10.7. The number of aliphatic hydroxyl groups is 1. The number of carbonyl (C=O) groups is 1. The smallest absolute Gasteiger partial charge is 0.150 e. The molecule has 5 nitrogen and oxygen atoms in total. The zero-order valence-electron chi connectivity index (χ0n) is 19.0. The maximum absolute atomic E-state index is 13.3. The van der Waals surface area contributed by atoms with Crippen LogP contribution in [0.5, 0.6) is 0 Å². The van der Waals surface area contributed by atoms with Crippen molar-refractivity contribution in [1.29, 1.82) is 0 Å². The molecular weight excluding hydrogens is 362 g/mol. The fourth-order valence-corrected chi connectivity index (χ4v) is 4.71. The zero-order valence-corrected chi connectivity index (χ0v) is 19.0. The maximum atomic E-state index is 13.3. The molecule has 1 aliphatic heterocycles. The highest BCUT2D eigenvalue weighted by molar-refractivity contribution is 5.83. The number of rotatable bonds is 3. The van der Waals surface area contributed by atoms with Crippen molar-refractivity contribution in [3.8, 4) is 0 Å². The molecule has 1 aliphatic carbocycles. The molecule has 0 saturated heterocycles. The molecule has 0 bridgehead atoms. The van der Waals surface area contributed by atoms with Crippen molar-refractivity contribution in [1.82, 2.24) is 9.88 Å². The minimum Gasteiger partial charge on any atom is -0.512 e. The Kier molecular flexibility index (Phi) is 5.69. The molecule has 3 atom stereocenters. The van der Waals surface area contributed by atoms with E-state index in [1.165, 1.54) is 0 Å². The van der Waals surface area contributed by atoms with Gasteiger partial charge in [-0.05, 0) is 47.8 Å². The van der Waals surface area contributed by atoms with Gasteiger partial charge in [0, 0.05) is 24.1 Å². The van der Waals surface area contributed by atoms with Crippen molar-refractivity contribution in [2.45, 2.75) is 74.0 Å². The van der Waals surface area contributed by atoms with Gasteiger partial charge in [0.25, 0.3) is 0 Å². The second-order valence-corrected chi connectivity index (χ2v) is 11.0. The van der Waals surface area contributed by atoms with Crippen LogP contribution in [0.25, 0.3) is 0 Å². The van der Waals surface area contributed by atoms with Crippen LogP contribution in [0.15, 0.2) is 23.5 Å². The zero-order chi connectivity index (χ0) is 21.7. The van der Waals surface area contributed by atoms with Gasteiger partial charge in [-0.2, -0.15) is 0 Å². The van der Waals surface area contributed by atoms with Crippen LogP contribution < -0.4 is 5.73 Å². The fourth-order valence-electron chi connectivity index (χ4n) is 4.71. The van der Waals surface area contributed by atoms with E-state index in [1.807, 2.05) is 17.9 Å². The summed E-state index contributed by atoms with van der Waals surface area (Å²) < 4.78 is 0. The highest BCUT2D eigenvalue weighted by Crippen LogP contribution is 2.47. The summed E-state index contributed by atoms with van der Waals surface area (Å²) in [6.45, 7) is 15.7. The summed E-state index contributed by atoms with van der Waals surface area (Å²) in [4.78, 5) is 20.0. The molecule has 1 aromatic heterocycles. The van der Waals surface area contributed by atoms with Crippen molar-refractivity contribution in [2.75, 3.05) is 6.54 Å². The molecule has 3 rings (SSSR count). The summed E-state index contributed by atoms with van der Waals surface area (Å²) in [6.07, 6.45) is 0.997. The van der Waals surface area contributed by atoms with Gasteiger partial charge in [-0.15, -0.1) is 0 Å². The van der Waals surface area contributed by atoms with Crippen LogP contribution in [-0.4, -0.2) is 27.3 Å². The average Bonchev–Trinajstić information content (AvgIpc) is 2.88. The van der Waals surface area contributed by atoms with Crippen molar-refractivity contribution in [2.24, 2.45) is 28.4 Å². The molecule has 0 radical (unpaired) electrons. The third-order valence-corrected chi connectivity index (χ3v) is 6.57. The minimum absolute atomic E-state index is 0.00631. The number of pyridine rings is 1.